The van der Waals surface area contributed by atoms with Gasteiger partial charge in [0, 0.05) is 25.7 Å². The van der Waals surface area contributed by atoms with Crippen molar-refractivity contribution in [2.75, 3.05) is 0 Å². The van der Waals surface area contributed by atoms with Gasteiger partial charge in [-0.05, 0) is 19.3 Å². The Morgan fingerprint density at radius 1 is 0.484 bits per heavy atom. The van der Waals surface area contributed by atoms with E-state index in [9.17, 15) is 4.79 Å². The van der Waals surface area contributed by atoms with E-state index in [0.29, 0.717) is 6.42 Å². The molecule has 178 valence electrons. The number of unbranched alkanes of at least 4 members (excludes halogenated alkanes) is 19. The Balaban J connectivity index is 3.17. The molecular weight excluding hydrogens is 380 g/mol. The van der Waals surface area contributed by atoms with Crippen LogP contribution in [0, 0.1) is 23.7 Å². The van der Waals surface area contributed by atoms with Crippen molar-refractivity contribution >= 4 is 5.97 Å². The summed E-state index contributed by atoms with van der Waals surface area (Å²) in [5.74, 6) is 11.9. The summed E-state index contributed by atoms with van der Waals surface area (Å²) in [5.41, 5.74) is 0. The van der Waals surface area contributed by atoms with Gasteiger partial charge in [0.15, 0.2) is 0 Å². The third-order valence-corrected chi connectivity index (χ3v) is 5.72. The highest BCUT2D eigenvalue weighted by Crippen LogP contribution is 2.13. The maximum absolute atomic E-state index is 10.4. The van der Waals surface area contributed by atoms with Crippen LogP contribution in [0.4, 0.5) is 0 Å². The van der Waals surface area contributed by atoms with Crippen LogP contribution in [0.5, 0.6) is 0 Å². The average molecular weight is 431 g/mol. The summed E-state index contributed by atoms with van der Waals surface area (Å²) >= 11 is 0. The smallest absolute Gasteiger partial charge is 0.304 e. The van der Waals surface area contributed by atoms with Crippen molar-refractivity contribution in [2.24, 2.45) is 0 Å². The summed E-state index contributed by atoms with van der Waals surface area (Å²) in [5, 5.41) is 8.52. The fourth-order valence-corrected chi connectivity index (χ4v) is 3.71. The lowest BCUT2D eigenvalue weighted by molar-refractivity contribution is -0.136. The van der Waals surface area contributed by atoms with E-state index in [2.05, 4.69) is 30.6 Å². The highest BCUT2D eigenvalue weighted by molar-refractivity contribution is 5.66. The molecule has 0 radical (unpaired) electrons. The molecule has 0 aliphatic heterocycles. The molecule has 1 N–H and O–H groups in total. The first kappa shape index (κ1) is 29.6. The maximum atomic E-state index is 10.4. The molecule has 0 fully saturated rings. The number of aliphatic carboxylic acids is 1. The summed E-state index contributed by atoms with van der Waals surface area (Å²) in [6.07, 6.45) is 28.1. The Bertz CT molecular complexity index is 500. The second-order valence-corrected chi connectivity index (χ2v) is 8.86. The molecule has 0 saturated heterocycles. The number of hydrogen-bond donors (Lipinski definition) is 1. The van der Waals surface area contributed by atoms with Gasteiger partial charge >= 0.3 is 5.97 Å². The fourth-order valence-electron chi connectivity index (χ4n) is 3.71. The zero-order valence-electron chi connectivity index (χ0n) is 20.6. The highest BCUT2D eigenvalue weighted by Gasteiger charge is 1.94. The standard InChI is InChI=1S/C29H50O2/c1-2-3-4-5-6-7-8-9-10-11-12-13-14-15-16-17-18-19-20-21-22-23-24-25-26-27-28-29(30)31/h2-16,19-24,27-28H2,1H3,(H,30,31). The number of carboxylic acids is 1. The Morgan fingerprint density at radius 2 is 0.774 bits per heavy atom. The van der Waals surface area contributed by atoms with Gasteiger partial charge in [-0.2, -0.15) is 0 Å². The van der Waals surface area contributed by atoms with Gasteiger partial charge in [0.2, 0.25) is 0 Å². The Morgan fingerprint density at radius 3 is 1.10 bits per heavy atom. The van der Waals surface area contributed by atoms with Crippen LogP contribution in [0.2, 0.25) is 0 Å². The first-order chi connectivity index (χ1) is 15.3. The van der Waals surface area contributed by atoms with Crippen molar-refractivity contribution in [1.82, 2.24) is 0 Å². The van der Waals surface area contributed by atoms with Crippen LogP contribution in [0.25, 0.3) is 0 Å². The van der Waals surface area contributed by atoms with Gasteiger partial charge in [-0.15, -0.1) is 23.7 Å². The molecule has 0 aliphatic rings. The number of carbonyl (C=O) groups is 1. The number of hydrogen-bond acceptors (Lipinski definition) is 1. The Kier molecular flexibility index (Phi) is 25.4. The molecule has 0 aromatic rings. The molecule has 0 aromatic heterocycles. The Labute approximate surface area is 194 Å². The maximum Gasteiger partial charge on any atom is 0.304 e. The molecule has 0 heterocycles. The molecule has 0 spiro atoms. The zero-order chi connectivity index (χ0) is 22.7. The van der Waals surface area contributed by atoms with Crippen molar-refractivity contribution in [1.29, 1.82) is 0 Å². The zero-order valence-corrected chi connectivity index (χ0v) is 20.6. The van der Waals surface area contributed by atoms with Gasteiger partial charge in [-0.25, -0.2) is 0 Å². The average Bonchev–Trinajstić information content (AvgIpc) is 2.76. The van der Waals surface area contributed by atoms with E-state index in [4.69, 9.17) is 5.11 Å². The molecule has 0 amide bonds. The Hall–Kier alpha value is -1.41. The van der Waals surface area contributed by atoms with E-state index in [1.165, 1.54) is 109 Å². The van der Waals surface area contributed by atoms with E-state index < -0.39 is 5.97 Å². The van der Waals surface area contributed by atoms with Gasteiger partial charge < -0.3 is 5.11 Å². The minimum Gasteiger partial charge on any atom is -0.481 e. The van der Waals surface area contributed by atoms with Crippen molar-refractivity contribution in [3.8, 4) is 23.7 Å². The van der Waals surface area contributed by atoms with Crippen LogP contribution in [0.15, 0.2) is 0 Å². The normalized spacial score (nSPS) is 10.2. The van der Waals surface area contributed by atoms with Gasteiger partial charge in [-0.3, -0.25) is 4.79 Å². The van der Waals surface area contributed by atoms with Crippen LogP contribution >= 0.6 is 0 Å². The summed E-state index contributed by atoms with van der Waals surface area (Å²) in [7, 11) is 0. The molecule has 0 unspecified atom stereocenters. The van der Waals surface area contributed by atoms with Crippen LogP contribution in [0.3, 0.4) is 0 Å². The van der Waals surface area contributed by atoms with Gasteiger partial charge in [-0.1, -0.05) is 103 Å². The first-order valence-corrected chi connectivity index (χ1v) is 13.4. The summed E-state index contributed by atoms with van der Waals surface area (Å²) < 4.78 is 0. The predicted molar refractivity (Wildman–Crippen MR) is 135 cm³/mol. The third kappa shape index (κ3) is 28.6. The van der Waals surface area contributed by atoms with Gasteiger partial charge in [0.1, 0.15) is 0 Å². The SMILES string of the molecule is CCCCCCCCCCCCCCCCC#CCCCCCCC#CCCC(=O)O. The fraction of sp³-hybridized carbons (Fsp3) is 0.828. The number of rotatable bonds is 21. The third-order valence-electron chi connectivity index (χ3n) is 5.72. The number of carboxylic acid groups (broad SMARTS) is 1. The molecule has 0 aromatic carbocycles. The summed E-state index contributed by atoms with van der Waals surface area (Å²) in [6.45, 7) is 2.29. The van der Waals surface area contributed by atoms with Crippen molar-refractivity contribution in [3.05, 3.63) is 0 Å². The predicted octanol–water partition coefficient (Wildman–Crippen LogP) is 9.07. The van der Waals surface area contributed by atoms with Crippen LogP contribution in [-0.2, 0) is 4.79 Å². The van der Waals surface area contributed by atoms with E-state index in [-0.39, 0.29) is 6.42 Å². The first-order valence-electron chi connectivity index (χ1n) is 13.4. The molecule has 0 saturated carbocycles. The quantitative estimate of drug-likeness (QED) is 0.146. The molecule has 0 rings (SSSR count). The topological polar surface area (TPSA) is 37.3 Å². The van der Waals surface area contributed by atoms with Crippen LogP contribution < -0.4 is 0 Å². The second kappa shape index (κ2) is 26.6. The largest absolute Gasteiger partial charge is 0.481 e. The van der Waals surface area contributed by atoms with E-state index in [0.717, 1.165) is 25.7 Å². The monoisotopic (exact) mass is 430 g/mol. The summed E-state index contributed by atoms with van der Waals surface area (Å²) in [6, 6.07) is 0. The molecule has 0 bridgehead atoms. The molecule has 2 nitrogen and oxygen atoms in total. The molecular formula is C29H50O2. The van der Waals surface area contributed by atoms with Crippen LogP contribution in [0.1, 0.15) is 155 Å². The second-order valence-electron chi connectivity index (χ2n) is 8.86. The van der Waals surface area contributed by atoms with E-state index in [1.54, 1.807) is 0 Å². The lowest BCUT2D eigenvalue weighted by atomic mass is 10.0. The van der Waals surface area contributed by atoms with Gasteiger partial charge in [0.25, 0.3) is 0 Å². The molecule has 0 atom stereocenters. The minimum absolute atomic E-state index is 0.158. The van der Waals surface area contributed by atoms with Gasteiger partial charge in [0.05, 0.1) is 6.42 Å². The van der Waals surface area contributed by atoms with Crippen molar-refractivity contribution in [3.63, 3.8) is 0 Å². The summed E-state index contributed by atoms with van der Waals surface area (Å²) in [4.78, 5) is 10.4. The minimum atomic E-state index is -0.764. The molecule has 2 heteroatoms. The highest BCUT2D eigenvalue weighted by atomic mass is 16.4. The van der Waals surface area contributed by atoms with E-state index in [1.807, 2.05) is 0 Å². The molecule has 0 aliphatic carbocycles. The lowest BCUT2D eigenvalue weighted by Gasteiger charge is -2.02. The molecule has 31 heavy (non-hydrogen) atoms. The van der Waals surface area contributed by atoms with E-state index >= 15 is 0 Å². The lowest BCUT2D eigenvalue weighted by Crippen LogP contribution is -1.91. The van der Waals surface area contributed by atoms with Crippen molar-refractivity contribution < 1.29 is 9.90 Å². The van der Waals surface area contributed by atoms with Crippen LogP contribution in [-0.4, -0.2) is 11.1 Å². The van der Waals surface area contributed by atoms with Crippen molar-refractivity contribution in [2.45, 2.75) is 155 Å².